The Morgan fingerprint density at radius 1 is 1.24 bits per heavy atom. The number of hydrogen-bond donors (Lipinski definition) is 0. The Bertz CT molecular complexity index is 576. The minimum absolute atomic E-state index is 0.215. The van der Waals surface area contributed by atoms with Gasteiger partial charge < -0.3 is 14.1 Å². The normalized spacial score (nSPS) is 25.0. The van der Waals surface area contributed by atoms with Crippen LogP contribution >= 0.6 is 0 Å². The van der Waals surface area contributed by atoms with Crippen molar-refractivity contribution >= 4 is 5.91 Å². The molecule has 7 nitrogen and oxygen atoms in total. The van der Waals surface area contributed by atoms with Crippen molar-refractivity contribution in [2.75, 3.05) is 39.9 Å². The molecule has 0 aliphatic carbocycles. The zero-order chi connectivity index (χ0) is 17.7. The van der Waals surface area contributed by atoms with Crippen LogP contribution in [0.3, 0.4) is 0 Å². The number of ether oxygens (including phenoxy) is 1. The number of rotatable bonds is 7. The molecule has 2 saturated heterocycles. The molecule has 25 heavy (non-hydrogen) atoms. The molecule has 2 aliphatic rings. The summed E-state index contributed by atoms with van der Waals surface area (Å²) in [5, 5.41) is 8.21. The number of amides is 1. The molecular formula is C18H30N4O3. The Balaban J connectivity index is 1.59. The van der Waals surface area contributed by atoms with Gasteiger partial charge in [-0.3, -0.25) is 9.69 Å². The van der Waals surface area contributed by atoms with Gasteiger partial charge in [-0.2, -0.15) is 0 Å². The zero-order valence-corrected chi connectivity index (χ0v) is 15.5. The quantitative estimate of drug-likeness (QED) is 0.699. The molecule has 3 rings (SSSR count). The standard InChI is InChI=1S/C18H30N4O3/c1-3-15-19-20-16(25-15)12-21-9-4-7-18(13-21)8-6-17(23)22(14-18)10-5-11-24-2/h3-14H2,1-2H3/t18-/m0/s1. The van der Waals surface area contributed by atoms with E-state index >= 15 is 0 Å². The highest BCUT2D eigenvalue weighted by Crippen LogP contribution is 2.39. The average molecular weight is 350 g/mol. The van der Waals surface area contributed by atoms with Gasteiger partial charge in [-0.25, -0.2) is 0 Å². The molecule has 140 valence electrons. The van der Waals surface area contributed by atoms with E-state index in [1.54, 1.807) is 7.11 Å². The Hall–Kier alpha value is -1.47. The zero-order valence-electron chi connectivity index (χ0n) is 15.5. The van der Waals surface area contributed by atoms with Gasteiger partial charge in [-0.1, -0.05) is 6.92 Å². The van der Waals surface area contributed by atoms with Crippen LogP contribution in [0.1, 0.15) is 50.8 Å². The highest BCUT2D eigenvalue weighted by atomic mass is 16.5. The van der Waals surface area contributed by atoms with E-state index in [2.05, 4.69) is 15.1 Å². The van der Waals surface area contributed by atoms with Gasteiger partial charge in [0.1, 0.15) is 0 Å². The molecule has 1 aromatic heterocycles. The first-order chi connectivity index (χ1) is 12.1. The second-order valence-corrected chi connectivity index (χ2v) is 7.42. The van der Waals surface area contributed by atoms with E-state index in [1.807, 2.05) is 11.8 Å². The molecular weight excluding hydrogens is 320 g/mol. The average Bonchev–Trinajstić information content (AvgIpc) is 3.06. The van der Waals surface area contributed by atoms with Crippen molar-refractivity contribution in [3.05, 3.63) is 11.8 Å². The molecule has 0 bridgehead atoms. The third-order valence-electron chi connectivity index (χ3n) is 5.44. The molecule has 0 unspecified atom stereocenters. The number of nitrogens with zero attached hydrogens (tertiary/aromatic N) is 4. The minimum Gasteiger partial charge on any atom is -0.424 e. The van der Waals surface area contributed by atoms with Gasteiger partial charge in [0.15, 0.2) is 0 Å². The largest absolute Gasteiger partial charge is 0.424 e. The smallest absolute Gasteiger partial charge is 0.230 e. The second-order valence-electron chi connectivity index (χ2n) is 7.42. The van der Waals surface area contributed by atoms with Crippen molar-refractivity contribution in [1.29, 1.82) is 0 Å². The van der Waals surface area contributed by atoms with Crippen molar-refractivity contribution in [1.82, 2.24) is 20.0 Å². The molecule has 0 N–H and O–H groups in total. The highest BCUT2D eigenvalue weighted by molar-refractivity contribution is 5.77. The Kier molecular flexibility index (Phi) is 6.06. The predicted molar refractivity (Wildman–Crippen MR) is 92.9 cm³/mol. The van der Waals surface area contributed by atoms with Gasteiger partial charge in [0.25, 0.3) is 0 Å². The van der Waals surface area contributed by atoms with E-state index in [1.165, 1.54) is 6.42 Å². The number of piperidine rings is 2. The summed E-state index contributed by atoms with van der Waals surface area (Å²) in [6.07, 6.45) is 5.70. The number of carbonyl (C=O) groups excluding carboxylic acids is 1. The molecule has 2 fully saturated rings. The van der Waals surface area contributed by atoms with Crippen LogP contribution in [0.4, 0.5) is 0 Å². The molecule has 7 heteroatoms. The van der Waals surface area contributed by atoms with Gasteiger partial charge in [0.2, 0.25) is 17.7 Å². The third kappa shape index (κ3) is 4.58. The van der Waals surface area contributed by atoms with E-state index in [0.717, 1.165) is 51.9 Å². The lowest BCUT2D eigenvalue weighted by molar-refractivity contribution is -0.139. The fourth-order valence-corrected chi connectivity index (χ4v) is 4.17. The maximum Gasteiger partial charge on any atom is 0.230 e. The van der Waals surface area contributed by atoms with Crippen LogP contribution in [-0.2, 0) is 22.5 Å². The summed E-state index contributed by atoms with van der Waals surface area (Å²) >= 11 is 0. The topological polar surface area (TPSA) is 71.7 Å². The second kappa shape index (κ2) is 8.27. The molecule has 0 saturated carbocycles. The summed E-state index contributed by atoms with van der Waals surface area (Å²) in [5.41, 5.74) is 0.215. The van der Waals surface area contributed by atoms with E-state index in [4.69, 9.17) is 9.15 Å². The molecule has 1 aromatic rings. The maximum atomic E-state index is 12.3. The first kappa shape index (κ1) is 18.3. The van der Waals surface area contributed by atoms with Crippen molar-refractivity contribution in [3.63, 3.8) is 0 Å². The summed E-state index contributed by atoms with van der Waals surface area (Å²) in [6.45, 7) is 7.18. The van der Waals surface area contributed by atoms with Gasteiger partial charge >= 0.3 is 0 Å². The lowest BCUT2D eigenvalue weighted by Gasteiger charge is -2.48. The summed E-state index contributed by atoms with van der Waals surface area (Å²) < 4.78 is 10.8. The van der Waals surface area contributed by atoms with Crippen LogP contribution in [0, 0.1) is 5.41 Å². The number of aryl methyl sites for hydroxylation is 1. The van der Waals surface area contributed by atoms with Gasteiger partial charge in [0.05, 0.1) is 6.54 Å². The summed E-state index contributed by atoms with van der Waals surface area (Å²) in [4.78, 5) is 16.7. The minimum atomic E-state index is 0.215. The van der Waals surface area contributed by atoms with Crippen LogP contribution in [0.25, 0.3) is 0 Å². The molecule has 3 heterocycles. The molecule has 0 aromatic carbocycles. The van der Waals surface area contributed by atoms with Crippen molar-refractivity contribution in [2.45, 2.75) is 52.0 Å². The van der Waals surface area contributed by atoms with Gasteiger partial charge in [-0.05, 0) is 32.2 Å². The SMILES string of the molecule is CCc1nnc(CN2CCC[C@]3(CCC(=O)N(CCCOC)C3)C2)o1. The number of likely N-dealkylation sites (tertiary alicyclic amines) is 2. The summed E-state index contributed by atoms with van der Waals surface area (Å²) in [5.74, 6) is 1.70. The van der Waals surface area contributed by atoms with Crippen molar-refractivity contribution in [3.8, 4) is 0 Å². The van der Waals surface area contributed by atoms with Crippen LogP contribution < -0.4 is 0 Å². The lowest BCUT2D eigenvalue weighted by Crippen LogP contribution is -2.54. The van der Waals surface area contributed by atoms with Crippen LogP contribution in [0.5, 0.6) is 0 Å². The Labute approximate surface area is 149 Å². The van der Waals surface area contributed by atoms with Crippen LogP contribution in [0.15, 0.2) is 4.42 Å². The van der Waals surface area contributed by atoms with E-state index in [-0.39, 0.29) is 5.41 Å². The fourth-order valence-electron chi connectivity index (χ4n) is 4.17. The highest BCUT2D eigenvalue weighted by Gasteiger charge is 2.41. The summed E-state index contributed by atoms with van der Waals surface area (Å²) in [7, 11) is 1.71. The fraction of sp³-hybridized carbons (Fsp3) is 0.833. The molecule has 1 amide bonds. The van der Waals surface area contributed by atoms with Gasteiger partial charge in [0, 0.05) is 51.6 Å². The van der Waals surface area contributed by atoms with Crippen molar-refractivity contribution in [2.24, 2.45) is 5.41 Å². The molecule has 1 spiro atoms. The summed E-state index contributed by atoms with van der Waals surface area (Å²) in [6, 6.07) is 0. The molecule has 1 atom stereocenters. The van der Waals surface area contributed by atoms with Crippen molar-refractivity contribution < 1.29 is 13.9 Å². The molecule has 2 aliphatic heterocycles. The number of aromatic nitrogens is 2. The monoisotopic (exact) mass is 350 g/mol. The number of methoxy groups -OCH3 is 1. The first-order valence-corrected chi connectivity index (χ1v) is 9.44. The van der Waals surface area contributed by atoms with Gasteiger partial charge in [-0.15, -0.1) is 10.2 Å². The Morgan fingerprint density at radius 3 is 2.84 bits per heavy atom. The number of carbonyl (C=O) groups is 1. The molecule has 0 radical (unpaired) electrons. The van der Waals surface area contributed by atoms with E-state index in [9.17, 15) is 4.79 Å². The van der Waals surface area contributed by atoms with Crippen LogP contribution in [-0.4, -0.2) is 65.8 Å². The third-order valence-corrected chi connectivity index (χ3v) is 5.44. The first-order valence-electron chi connectivity index (χ1n) is 9.44. The van der Waals surface area contributed by atoms with E-state index < -0.39 is 0 Å². The maximum absolute atomic E-state index is 12.3. The Morgan fingerprint density at radius 2 is 2.08 bits per heavy atom. The van der Waals surface area contributed by atoms with Crippen LogP contribution in [0.2, 0.25) is 0 Å². The van der Waals surface area contributed by atoms with E-state index in [0.29, 0.717) is 37.3 Å². The lowest BCUT2D eigenvalue weighted by atomic mass is 9.73. The predicted octanol–water partition coefficient (Wildman–Crippen LogP) is 1.87. The number of hydrogen-bond acceptors (Lipinski definition) is 6.